The van der Waals surface area contributed by atoms with Gasteiger partial charge in [0.05, 0.1) is 0 Å². The molecule has 0 aliphatic rings. The summed E-state index contributed by atoms with van der Waals surface area (Å²) in [5.74, 6) is -0.232. The summed E-state index contributed by atoms with van der Waals surface area (Å²) in [4.78, 5) is 2.15. The van der Waals surface area contributed by atoms with Crippen LogP contribution in [0, 0.1) is 5.82 Å². The van der Waals surface area contributed by atoms with E-state index in [1.165, 1.54) is 11.6 Å². The monoisotopic (exact) mass is 272 g/mol. The Morgan fingerprint density at radius 1 is 1.10 bits per heavy atom. The van der Waals surface area contributed by atoms with Gasteiger partial charge in [-0.25, -0.2) is 4.39 Å². The molecule has 0 saturated heterocycles. The first-order valence-corrected chi connectivity index (χ1v) is 6.96. The highest BCUT2D eigenvalue weighted by Gasteiger charge is 2.16. The van der Waals surface area contributed by atoms with Crippen molar-refractivity contribution in [2.75, 3.05) is 11.4 Å². The Morgan fingerprint density at radius 2 is 1.80 bits per heavy atom. The minimum Gasteiger partial charge on any atom is -0.367 e. The Morgan fingerprint density at radius 3 is 2.40 bits per heavy atom. The van der Waals surface area contributed by atoms with Gasteiger partial charge in [0.25, 0.3) is 0 Å². The highest BCUT2D eigenvalue weighted by Crippen LogP contribution is 2.28. The molecule has 1 unspecified atom stereocenters. The third kappa shape index (κ3) is 3.17. The summed E-state index contributed by atoms with van der Waals surface area (Å²) >= 11 is 0. The van der Waals surface area contributed by atoms with E-state index in [0.29, 0.717) is 5.56 Å². The molecular formula is C17H21FN2. The first kappa shape index (κ1) is 14.5. The Hall–Kier alpha value is -1.87. The van der Waals surface area contributed by atoms with Crippen molar-refractivity contribution in [1.29, 1.82) is 0 Å². The van der Waals surface area contributed by atoms with Crippen molar-refractivity contribution >= 4 is 5.69 Å². The van der Waals surface area contributed by atoms with Crippen LogP contribution in [0.15, 0.2) is 48.5 Å². The number of nitrogens with two attached hydrogens (primary N) is 1. The van der Waals surface area contributed by atoms with Crippen LogP contribution in [0.25, 0.3) is 0 Å². The van der Waals surface area contributed by atoms with E-state index >= 15 is 0 Å². The normalized spacial score (nSPS) is 12.2. The van der Waals surface area contributed by atoms with Gasteiger partial charge in [0.2, 0.25) is 0 Å². The summed E-state index contributed by atoms with van der Waals surface area (Å²) in [5.41, 5.74) is 8.61. The van der Waals surface area contributed by atoms with E-state index in [4.69, 9.17) is 5.73 Å². The maximum Gasteiger partial charge on any atom is 0.130 e. The first-order valence-electron chi connectivity index (χ1n) is 6.96. The average Bonchev–Trinajstić information content (AvgIpc) is 2.45. The fraction of sp³-hybridized carbons (Fsp3) is 0.294. The predicted octanol–water partition coefficient (Wildman–Crippen LogP) is 3.87. The predicted molar refractivity (Wildman–Crippen MR) is 82.2 cm³/mol. The van der Waals surface area contributed by atoms with E-state index in [9.17, 15) is 4.39 Å². The summed E-state index contributed by atoms with van der Waals surface area (Å²) in [5, 5.41) is 0. The largest absolute Gasteiger partial charge is 0.367 e. The molecule has 0 aliphatic carbocycles. The maximum absolute atomic E-state index is 14.0. The molecule has 0 amide bonds. The molecule has 0 saturated carbocycles. The van der Waals surface area contributed by atoms with Crippen LogP contribution >= 0.6 is 0 Å². The number of halogens is 1. The van der Waals surface area contributed by atoms with E-state index in [0.717, 1.165) is 18.8 Å². The fourth-order valence-corrected chi connectivity index (χ4v) is 2.42. The Kier molecular flexibility index (Phi) is 4.74. The summed E-state index contributed by atoms with van der Waals surface area (Å²) in [7, 11) is 0. The lowest BCUT2D eigenvalue weighted by molar-refractivity contribution is 0.591. The summed E-state index contributed by atoms with van der Waals surface area (Å²) in [6.45, 7) is 5.44. The molecular weight excluding hydrogens is 251 g/mol. The molecule has 0 heterocycles. The molecule has 2 aromatic rings. The van der Waals surface area contributed by atoms with E-state index in [2.05, 4.69) is 24.0 Å². The molecule has 2 nitrogen and oxygen atoms in total. The molecule has 20 heavy (non-hydrogen) atoms. The molecule has 0 aliphatic heterocycles. The number of hydrogen-bond donors (Lipinski definition) is 1. The van der Waals surface area contributed by atoms with Gasteiger partial charge in [-0.3, -0.25) is 0 Å². The summed E-state index contributed by atoms with van der Waals surface area (Å²) in [6.07, 6.45) is 0. The van der Waals surface area contributed by atoms with Crippen molar-refractivity contribution in [3.8, 4) is 0 Å². The topological polar surface area (TPSA) is 29.3 Å². The standard InChI is InChI=1S/C17H21FN2/c1-3-20(12-14-8-5-4-6-9-14)16-11-7-10-15(18)17(16)13(2)19/h4-11,13H,3,12,19H2,1-2H3. The van der Waals surface area contributed by atoms with E-state index in [1.807, 2.05) is 31.2 Å². The van der Waals surface area contributed by atoms with Crippen LogP contribution in [0.2, 0.25) is 0 Å². The SMILES string of the molecule is CCN(Cc1ccccc1)c1cccc(F)c1C(C)N. The van der Waals surface area contributed by atoms with Gasteiger partial charge in [-0.1, -0.05) is 36.4 Å². The fourth-order valence-electron chi connectivity index (χ4n) is 2.42. The molecule has 0 radical (unpaired) electrons. The maximum atomic E-state index is 14.0. The zero-order valence-electron chi connectivity index (χ0n) is 12.0. The Bertz CT molecular complexity index is 552. The molecule has 2 N–H and O–H groups in total. The number of anilines is 1. The molecule has 0 bridgehead atoms. The van der Waals surface area contributed by atoms with Crippen LogP contribution < -0.4 is 10.6 Å². The number of benzene rings is 2. The Labute approximate surface area is 120 Å². The minimum atomic E-state index is -0.323. The van der Waals surface area contributed by atoms with Gasteiger partial charge < -0.3 is 10.6 Å². The van der Waals surface area contributed by atoms with Crippen LogP contribution in [0.5, 0.6) is 0 Å². The second-order valence-corrected chi connectivity index (χ2v) is 4.96. The quantitative estimate of drug-likeness (QED) is 0.895. The van der Waals surface area contributed by atoms with Gasteiger partial charge in [0.1, 0.15) is 5.82 Å². The first-order chi connectivity index (χ1) is 9.63. The van der Waals surface area contributed by atoms with E-state index < -0.39 is 0 Å². The Balaban J connectivity index is 2.35. The van der Waals surface area contributed by atoms with E-state index in [-0.39, 0.29) is 11.9 Å². The highest BCUT2D eigenvalue weighted by atomic mass is 19.1. The molecule has 0 aromatic heterocycles. The van der Waals surface area contributed by atoms with Crippen LogP contribution in [0.1, 0.15) is 31.0 Å². The second-order valence-electron chi connectivity index (χ2n) is 4.96. The third-order valence-electron chi connectivity index (χ3n) is 3.42. The molecule has 2 aromatic carbocycles. The zero-order valence-corrected chi connectivity index (χ0v) is 12.0. The van der Waals surface area contributed by atoms with Crippen LogP contribution in [-0.2, 0) is 6.54 Å². The lowest BCUT2D eigenvalue weighted by Gasteiger charge is -2.27. The van der Waals surface area contributed by atoms with E-state index in [1.54, 1.807) is 6.07 Å². The van der Waals surface area contributed by atoms with Crippen molar-refractivity contribution in [1.82, 2.24) is 0 Å². The van der Waals surface area contributed by atoms with Crippen molar-refractivity contribution in [3.63, 3.8) is 0 Å². The van der Waals surface area contributed by atoms with Crippen LogP contribution in [0.3, 0.4) is 0 Å². The zero-order chi connectivity index (χ0) is 14.5. The van der Waals surface area contributed by atoms with Gasteiger partial charge in [-0.05, 0) is 31.5 Å². The van der Waals surface area contributed by atoms with Crippen molar-refractivity contribution in [2.45, 2.75) is 26.4 Å². The smallest absolute Gasteiger partial charge is 0.130 e. The van der Waals surface area contributed by atoms with Gasteiger partial charge in [-0.2, -0.15) is 0 Å². The third-order valence-corrected chi connectivity index (χ3v) is 3.42. The number of hydrogen-bond acceptors (Lipinski definition) is 2. The van der Waals surface area contributed by atoms with Crippen LogP contribution in [-0.4, -0.2) is 6.54 Å². The van der Waals surface area contributed by atoms with Crippen molar-refractivity contribution in [3.05, 3.63) is 65.5 Å². The van der Waals surface area contributed by atoms with Gasteiger partial charge in [0, 0.05) is 30.4 Å². The highest BCUT2D eigenvalue weighted by molar-refractivity contribution is 5.55. The number of rotatable bonds is 5. The molecule has 1 atom stereocenters. The number of nitrogens with zero attached hydrogens (tertiary/aromatic N) is 1. The van der Waals surface area contributed by atoms with Gasteiger partial charge >= 0.3 is 0 Å². The van der Waals surface area contributed by atoms with Crippen molar-refractivity contribution in [2.24, 2.45) is 5.73 Å². The van der Waals surface area contributed by atoms with Crippen molar-refractivity contribution < 1.29 is 4.39 Å². The second kappa shape index (κ2) is 6.53. The average molecular weight is 272 g/mol. The summed E-state index contributed by atoms with van der Waals surface area (Å²) < 4.78 is 14.0. The lowest BCUT2D eigenvalue weighted by Crippen LogP contribution is -2.25. The van der Waals surface area contributed by atoms with Gasteiger partial charge in [0.15, 0.2) is 0 Å². The lowest BCUT2D eigenvalue weighted by atomic mass is 10.0. The molecule has 106 valence electrons. The van der Waals surface area contributed by atoms with Crippen LogP contribution in [0.4, 0.5) is 10.1 Å². The minimum absolute atomic E-state index is 0.232. The summed E-state index contributed by atoms with van der Waals surface area (Å²) in [6, 6.07) is 15.0. The molecule has 0 fully saturated rings. The molecule has 3 heteroatoms. The molecule has 2 rings (SSSR count). The molecule has 0 spiro atoms. The van der Waals surface area contributed by atoms with Gasteiger partial charge in [-0.15, -0.1) is 0 Å².